The Balaban J connectivity index is 2.35. The van der Waals surface area contributed by atoms with Gasteiger partial charge in [-0.3, -0.25) is 0 Å². The van der Waals surface area contributed by atoms with Gasteiger partial charge in [-0.25, -0.2) is 5.53 Å². The predicted molar refractivity (Wildman–Crippen MR) is 74.2 cm³/mol. The molecule has 86 valence electrons. The molecule has 0 amide bonds. The fourth-order valence-electron chi connectivity index (χ4n) is 2.25. The van der Waals surface area contributed by atoms with Crippen molar-refractivity contribution in [2.24, 2.45) is 5.11 Å². The van der Waals surface area contributed by atoms with Crippen LogP contribution in [-0.4, -0.2) is 0 Å². The minimum absolute atomic E-state index is 0.713. The molecule has 0 heterocycles. The van der Waals surface area contributed by atoms with Crippen LogP contribution in [0.3, 0.4) is 0 Å². The molecule has 3 rings (SSSR count). The Bertz CT molecular complexity index is 703. The monoisotopic (exact) mass is 232 g/mol. The van der Waals surface area contributed by atoms with Gasteiger partial charge in [0.25, 0.3) is 0 Å². The van der Waals surface area contributed by atoms with Gasteiger partial charge in [-0.1, -0.05) is 60.7 Å². The highest BCUT2D eigenvalue weighted by Crippen LogP contribution is 2.34. The summed E-state index contributed by atoms with van der Waals surface area (Å²) in [5.41, 5.74) is 10.3. The Labute approximate surface area is 105 Å². The molecule has 0 saturated heterocycles. The van der Waals surface area contributed by atoms with Crippen LogP contribution in [0.15, 0.2) is 71.8 Å². The van der Waals surface area contributed by atoms with Crippen molar-refractivity contribution >= 4 is 16.5 Å². The molecular formula is C16H12N2. The van der Waals surface area contributed by atoms with Gasteiger partial charge in [-0.2, -0.15) is 5.11 Å². The fourth-order valence-corrected chi connectivity index (χ4v) is 2.25. The second-order valence-corrected chi connectivity index (χ2v) is 4.16. The third-order valence-corrected chi connectivity index (χ3v) is 3.11. The molecule has 2 heteroatoms. The van der Waals surface area contributed by atoms with Crippen LogP contribution in [0.1, 0.15) is 0 Å². The molecule has 0 aliphatic carbocycles. The molecule has 0 radical (unpaired) electrons. The molecule has 0 aliphatic rings. The van der Waals surface area contributed by atoms with Crippen molar-refractivity contribution in [1.29, 1.82) is 5.53 Å². The molecule has 2 nitrogen and oxygen atoms in total. The molecule has 0 fully saturated rings. The van der Waals surface area contributed by atoms with Crippen LogP contribution >= 0.6 is 0 Å². The Morgan fingerprint density at radius 2 is 1.33 bits per heavy atom. The van der Waals surface area contributed by atoms with Crippen molar-refractivity contribution < 1.29 is 0 Å². The molecule has 3 aromatic rings. The van der Waals surface area contributed by atoms with Gasteiger partial charge in [0, 0.05) is 5.39 Å². The lowest BCUT2D eigenvalue weighted by atomic mass is 9.97. The zero-order chi connectivity index (χ0) is 12.4. The van der Waals surface area contributed by atoms with Crippen molar-refractivity contribution in [2.45, 2.75) is 0 Å². The quantitative estimate of drug-likeness (QED) is 0.592. The first-order chi connectivity index (χ1) is 8.90. The number of hydrogen-bond acceptors (Lipinski definition) is 2. The molecule has 0 saturated carbocycles. The van der Waals surface area contributed by atoms with Crippen molar-refractivity contribution in [2.75, 3.05) is 0 Å². The number of nitrogens with one attached hydrogen (secondary N) is 1. The lowest BCUT2D eigenvalue weighted by Gasteiger charge is -2.08. The van der Waals surface area contributed by atoms with Crippen molar-refractivity contribution in [3.05, 3.63) is 66.7 Å². The van der Waals surface area contributed by atoms with Crippen LogP contribution in [0.5, 0.6) is 0 Å². The van der Waals surface area contributed by atoms with E-state index in [1.54, 1.807) is 0 Å². The molecule has 0 atom stereocenters. The standard InChI is InChI=1S/C16H12N2/c17-18-16-11-10-13(12-6-2-1-3-7-12)14-8-4-5-9-15(14)16/h1-11,17H. The first-order valence-electron chi connectivity index (χ1n) is 5.85. The maximum atomic E-state index is 7.23. The Morgan fingerprint density at radius 1 is 0.667 bits per heavy atom. The molecule has 3 aromatic carbocycles. The number of nitrogens with zero attached hydrogens (tertiary/aromatic N) is 1. The summed E-state index contributed by atoms with van der Waals surface area (Å²) in [4.78, 5) is 0. The van der Waals surface area contributed by atoms with Gasteiger partial charge in [0.15, 0.2) is 0 Å². The topological polar surface area (TPSA) is 36.2 Å². The van der Waals surface area contributed by atoms with E-state index in [0.717, 1.165) is 10.8 Å². The molecule has 0 unspecified atom stereocenters. The van der Waals surface area contributed by atoms with Crippen LogP contribution in [0, 0.1) is 5.53 Å². The molecule has 0 aliphatic heterocycles. The highest BCUT2D eigenvalue weighted by Gasteiger charge is 2.06. The van der Waals surface area contributed by atoms with E-state index in [1.807, 2.05) is 48.5 Å². The van der Waals surface area contributed by atoms with E-state index in [4.69, 9.17) is 5.53 Å². The summed E-state index contributed by atoms with van der Waals surface area (Å²) in [5.74, 6) is 0. The maximum absolute atomic E-state index is 7.23. The van der Waals surface area contributed by atoms with Gasteiger partial charge in [0.2, 0.25) is 0 Å². The van der Waals surface area contributed by atoms with Gasteiger partial charge < -0.3 is 0 Å². The SMILES string of the molecule is N=Nc1ccc(-c2ccccc2)c2ccccc12. The van der Waals surface area contributed by atoms with E-state index < -0.39 is 0 Å². The maximum Gasteiger partial charge on any atom is 0.0928 e. The average molecular weight is 232 g/mol. The zero-order valence-electron chi connectivity index (χ0n) is 9.80. The number of rotatable bonds is 2. The highest BCUT2D eigenvalue weighted by molar-refractivity contribution is 6.02. The Hall–Kier alpha value is -2.48. The summed E-state index contributed by atoms with van der Waals surface area (Å²) >= 11 is 0. The van der Waals surface area contributed by atoms with Crippen LogP contribution in [0.25, 0.3) is 21.9 Å². The Morgan fingerprint density at radius 3 is 2.06 bits per heavy atom. The lowest BCUT2D eigenvalue weighted by Crippen LogP contribution is -1.81. The van der Waals surface area contributed by atoms with Crippen LogP contribution in [-0.2, 0) is 0 Å². The smallest absolute Gasteiger partial charge is 0.0928 e. The summed E-state index contributed by atoms with van der Waals surface area (Å²) in [6, 6.07) is 22.3. The first kappa shape index (κ1) is 10.7. The minimum Gasteiger partial charge on any atom is -0.204 e. The first-order valence-corrected chi connectivity index (χ1v) is 5.85. The van der Waals surface area contributed by atoms with E-state index in [0.29, 0.717) is 5.69 Å². The van der Waals surface area contributed by atoms with E-state index in [9.17, 15) is 0 Å². The fraction of sp³-hybridized carbons (Fsp3) is 0. The normalized spacial score (nSPS) is 10.4. The van der Waals surface area contributed by atoms with E-state index in [1.165, 1.54) is 11.1 Å². The van der Waals surface area contributed by atoms with Gasteiger partial charge in [0.1, 0.15) is 0 Å². The zero-order valence-corrected chi connectivity index (χ0v) is 9.80. The van der Waals surface area contributed by atoms with Crippen molar-refractivity contribution in [3.8, 4) is 11.1 Å². The van der Waals surface area contributed by atoms with Crippen molar-refractivity contribution in [3.63, 3.8) is 0 Å². The van der Waals surface area contributed by atoms with Crippen molar-refractivity contribution in [1.82, 2.24) is 0 Å². The summed E-state index contributed by atoms with van der Waals surface area (Å²) in [5, 5.41) is 5.74. The number of hydrogen-bond donors (Lipinski definition) is 1. The Kier molecular flexibility index (Phi) is 2.61. The third kappa shape index (κ3) is 1.68. The van der Waals surface area contributed by atoms with E-state index in [-0.39, 0.29) is 0 Å². The van der Waals surface area contributed by atoms with E-state index in [2.05, 4.69) is 23.3 Å². The second kappa shape index (κ2) is 4.41. The largest absolute Gasteiger partial charge is 0.204 e. The van der Waals surface area contributed by atoms with Crippen LogP contribution in [0.2, 0.25) is 0 Å². The van der Waals surface area contributed by atoms with Gasteiger partial charge in [-0.05, 0) is 22.6 Å². The summed E-state index contributed by atoms with van der Waals surface area (Å²) in [6.07, 6.45) is 0. The number of fused-ring (bicyclic) bond motifs is 1. The molecule has 1 N–H and O–H groups in total. The average Bonchev–Trinajstić information content (AvgIpc) is 2.47. The molecule has 0 bridgehead atoms. The molecule has 0 spiro atoms. The lowest BCUT2D eigenvalue weighted by molar-refractivity contribution is 1.16. The molecular weight excluding hydrogens is 220 g/mol. The minimum atomic E-state index is 0.713. The van der Waals surface area contributed by atoms with Gasteiger partial charge >= 0.3 is 0 Å². The van der Waals surface area contributed by atoms with Crippen LogP contribution in [0.4, 0.5) is 5.69 Å². The summed E-state index contributed by atoms with van der Waals surface area (Å²) < 4.78 is 0. The van der Waals surface area contributed by atoms with Gasteiger partial charge in [0.05, 0.1) is 5.69 Å². The van der Waals surface area contributed by atoms with E-state index >= 15 is 0 Å². The number of benzene rings is 3. The second-order valence-electron chi connectivity index (χ2n) is 4.16. The molecule has 0 aromatic heterocycles. The summed E-state index contributed by atoms with van der Waals surface area (Å²) in [7, 11) is 0. The molecule has 18 heavy (non-hydrogen) atoms. The predicted octanol–water partition coefficient (Wildman–Crippen LogP) is 5.17. The van der Waals surface area contributed by atoms with Crippen LogP contribution < -0.4 is 0 Å². The van der Waals surface area contributed by atoms with Gasteiger partial charge in [-0.15, -0.1) is 0 Å². The third-order valence-electron chi connectivity index (χ3n) is 3.11. The highest BCUT2D eigenvalue weighted by atomic mass is 15.0. The summed E-state index contributed by atoms with van der Waals surface area (Å²) in [6.45, 7) is 0.